The van der Waals surface area contributed by atoms with Crippen LogP contribution in [0.1, 0.15) is 11.1 Å². The Morgan fingerprint density at radius 2 is 1.68 bits per heavy atom. The predicted octanol–water partition coefficient (Wildman–Crippen LogP) is 2.92. The molecule has 1 saturated heterocycles. The highest BCUT2D eigenvalue weighted by atomic mass is 16.6. The SMILES string of the molecule is COc1cccc(CN2CCN(Cc3ccccc3[N+](=O)[O-])CC2)c1. The first-order chi connectivity index (χ1) is 12.2. The third kappa shape index (κ3) is 4.55. The molecule has 0 saturated carbocycles. The number of hydrogen-bond donors (Lipinski definition) is 0. The maximum absolute atomic E-state index is 11.1. The minimum atomic E-state index is -0.297. The number of nitro benzene ring substituents is 1. The molecule has 1 heterocycles. The highest BCUT2D eigenvalue weighted by molar-refractivity contribution is 5.39. The van der Waals surface area contributed by atoms with Gasteiger partial charge in [0.15, 0.2) is 0 Å². The van der Waals surface area contributed by atoms with E-state index < -0.39 is 0 Å². The fraction of sp³-hybridized carbons (Fsp3) is 0.368. The molecule has 6 heteroatoms. The molecule has 25 heavy (non-hydrogen) atoms. The zero-order chi connectivity index (χ0) is 17.6. The lowest BCUT2D eigenvalue weighted by Gasteiger charge is -2.34. The highest BCUT2D eigenvalue weighted by Gasteiger charge is 2.20. The van der Waals surface area contributed by atoms with Crippen molar-refractivity contribution in [3.8, 4) is 5.75 Å². The average Bonchev–Trinajstić information content (AvgIpc) is 2.64. The van der Waals surface area contributed by atoms with Crippen LogP contribution in [0.2, 0.25) is 0 Å². The van der Waals surface area contributed by atoms with Gasteiger partial charge in [0.1, 0.15) is 5.75 Å². The second-order valence-electron chi connectivity index (χ2n) is 6.29. The van der Waals surface area contributed by atoms with E-state index in [1.54, 1.807) is 19.2 Å². The van der Waals surface area contributed by atoms with E-state index in [9.17, 15) is 10.1 Å². The smallest absolute Gasteiger partial charge is 0.273 e. The molecule has 0 amide bonds. The van der Waals surface area contributed by atoms with E-state index in [2.05, 4.69) is 21.9 Å². The van der Waals surface area contributed by atoms with Crippen molar-refractivity contribution in [2.24, 2.45) is 0 Å². The Balaban J connectivity index is 1.54. The van der Waals surface area contributed by atoms with E-state index in [0.29, 0.717) is 6.54 Å². The molecule has 1 fully saturated rings. The zero-order valence-corrected chi connectivity index (χ0v) is 14.4. The molecular formula is C19H23N3O3. The number of ether oxygens (including phenoxy) is 1. The second-order valence-corrected chi connectivity index (χ2v) is 6.29. The summed E-state index contributed by atoms with van der Waals surface area (Å²) in [6.07, 6.45) is 0. The lowest BCUT2D eigenvalue weighted by Crippen LogP contribution is -2.45. The number of para-hydroxylation sites is 1. The molecular weight excluding hydrogens is 318 g/mol. The Bertz CT molecular complexity index is 727. The number of methoxy groups -OCH3 is 1. The maximum atomic E-state index is 11.1. The Morgan fingerprint density at radius 3 is 2.36 bits per heavy atom. The zero-order valence-electron chi connectivity index (χ0n) is 14.4. The summed E-state index contributed by atoms with van der Waals surface area (Å²) in [5, 5.41) is 11.1. The number of benzene rings is 2. The van der Waals surface area contributed by atoms with Crippen LogP contribution in [-0.2, 0) is 13.1 Å². The van der Waals surface area contributed by atoms with E-state index in [-0.39, 0.29) is 10.6 Å². The molecule has 132 valence electrons. The van der Waals surface area contributed by atoms with Gasteiger partial charge in [-0.25, -0.2) is 0 Å². The molecule has 2 aromatic rings. The molecule has 0 N–H and O–H groups in total. The maximum Gasteiger partial charge on any atom is 0.273 e. The molecule has 0 atom stereocenters. The fourth-order valence-electron chi connectivity index (χ4n) is 3.20. The summed E-state index contributed by atoms with van der Waals surface area (Å²) in [7, 11) is 1.68. The fourth-order valence-corrected chi connectivity index (χ4v) is 3.20. The van der Waals surface area contributed by atoms with Gasteiger partial charge in [-0.3, -0.25) is 19.9 Å². The molecule has 6 nitrogen and oxygen atoms in total. The lowest BCUT2D eigenvalue weighted by atomic mass is 10.1. The van der Waals surface area contributed by atoms with Crippen LogP contribution < -0.4 is 4.74 Å². The highest BCUT2D eigenvalue weighted by Crippen LogP contribution is 2.21. The topological polar surface area (TPSA) is 58.8 Å². The molecule has 1 aliphatic rings. The van der Waals surface area contributed by atoms with Gasteiger partial charge in [0.25, 0.3) is 5.69 Å². The van der Waals surface area contributed by atoms with Gasteiger partial charge in [-0.1, -0.05) is 30.3 Å². The summed E-state index contributed by atoms with van der Waals surface area (Å²) >= 11 is 0. The van der Waals surface area contributed by atoms with Crippen LogP contribution in [0.25, 0.3) is 0 Å². The number of rotatable bonds is 6. The lowest BCUT2D eigenvalue weighted by molar-refractivity contribution is -0.385. The van der Waals surface area contributed by atoms with Crippen LogP contribution >= 0.6 is 0 Å². The number of piperazine rings is 1. The Kier molecular flexibility index (Phi) is 5.63. The number of hydrogen-bond acceptors (Lipinski definition) is 5. The Morgan fingerprint density at radius 1 is 1.00 bits per heavy atom. The Labute approximate surface area is 147 Å². The largest absolute Gasteiger partial charge is 0.497 e. The molecule has 0 unspecified atom stereocenters. The van der Waals surface area contributed by atoms with E-state index in [0.717, 1.165) is 44.0 Å². The van der Waals surface area contributed by atoms with Gasteiger partial charge < -0.3 is 4.74 Å². The van der Waals surface area contributed by atoms with E-state index >= 15 is 0 Å². The van der Waals surface area contributed by atoms with Crippen LogP contribution in [0.3, 0.4) is 0 Å². The van der Waals surface area contributed by atoms with Gasteiger partial charge in [-0.15, -0.1) is 0 Å². The van der Waals surface area contributed by atoms with E-state index in [1.807, 2.05) is 24.3 Å². The van der Waals surface area contributed by atoms with Crippen molar-refractivity contribution in [1.29, 1.82) is 0 Å². The van der Waals surface area contributed by atoms with Crippen molar-refractivity contribution in [3.05, 3.63) is 69.8 Å². The van der Waals surface area contributed by atoms with Crippen LogP contribution in [-0.4, -0.2) is 48.0 Å². The molecule has 3 rings (SSSR count). The summed E-state index contributed by atoms with van der Waals surface area (Å²) in [6.45, 7) is 5.27. The average molecular weight is 341 g/mol. The third-order valence-electron chi connectivity index (χ3n) is 4.59. The van der Waals surface area contributed by atoms with Crippen molar-refractivity contribution in [2.45, 2.75) is 13.1 Å². The van der Waals surface area contributed by atoms with Crippen LogP contribution in [0.4, 0.5) is 5.69 Å². The minimum Gasteiger partial charge on any atom is -0.497 e. The monoisotopic (exact) mass is 341 g/mol. The molecule has 1 aliphatic heterocycles. The molecule has 0 radical (unpaired) electrons. The van der Waals surface area contributed by atoms with Gasteiger partial charge in [0.05, 0.1) is 12.0 Å². The van der Waals surface area contributed by atoms with Crippen molar-refractivity contribution in [2.75, 3.05) is 33.3 Å². The summed E-state index contributed by atoms with van der Waals surface area (Å²) in [6, 6.07) is 15.2. The van der Waals surface area contributed by atoms with Crippen molar-refractivity contribution in [3.63, 3.8) is 0 Å². The normalized spacial score (nSPS) is 15.9. The van der Waals surface area contributed by atoms with Gasteiger partial charge in [0.2, 0.25) is 0 Å². The van der Waals surface area contributed by atoms with Gasteiger partial charge >= 0.3 is 0 Å². The molecule has 0 spiro atoms. The minimum absolute atomic E-state index is 0.210. The first-order valence-electron chi connectivity index (χ1n) is 8.45. The first kappa shape index (κ1) is 17.4. The van der Waals surface area contributed by atoms with E-state index in [1.165, 1.54) is 5.56 Å². The molecule has 0 aliphatic carbocycles. The first-order valence-corrected chi connectivity index (χ1v) is 8.45. The van der Waals surface area contributed by atoms with Crippen molar-refractivity contribution in [1.82, 2.24) is 9.80 Å². The molecule has 0 bridgehead atoms. The number of nitro groups is 1. The third-order valence-corrected chi connectivity index (χ3v) is 4.59. The van der Waals surface area contributed by atoms with Gasteiger partial charge in [-0.05, 0) is 17.7 Å². The molecule has 0 aromatic heterocycles. The number of nitrogens with zero attached hydrogens (tertiary/aromatic N) is 3. The van der Waals surface area contributed by atoms with Crippen LogP contribution in [0.15, 0.2) is 48.5 Å². The summed E-state index contributed by atoms with van der Waals surface area (Å²) in [5.41, 5.74) is 2.24. The second kappa shape index (κ2) is 8.09. The Hall–Kier alpha value is -2.44. The molecule has 2 aromatic carbocycles. The van der Waals surface area contributed by atoms with Crippen molar-refractivity contribution < 1.29 is 9.66 Å². The summed E-state index contributed by atoms with van der Waals surface area (Å²) in [5.74, 6) is 0.882. The predicted molar refractivity (Wildman–Crippen MR) is 96.6 cm³/mol. The van der Waals surface area contributed by atoms with Crippen LogP contribution in [0, 0.1) is 10.1 Å². The van der Waals surface area contributed by atoms with E-state index in [4.69, 9.17) is 4.74 Å². The van der Waals surface area contributed by atoms with Gasteiger partial charge in [0, 0.05) is 50.9 Å². The van der Waals surface area contributed by atoms with Crippen LogP contribution in [0.5, 0.6) is 5.75 Å². The summed E-state index contributed by atoms with van der Waals surface area (Å²) < 4.78 is 5.28. The summed E-state index contributed by atoms with van der Waals surface area (Å²) in [4.78, 5) is 15.5. The van der Waals surface area contributed by atoms with Gasteiger partial charge in [-0.2, -0.15) is 0 Å². The van der Waals surface area contributed by atoms with Crippen molar-refractivity contribution >= 4 is 5.69 Å². The standard InChI is InChI=1S/C19H23N3O3/c1-25-18-7-4-5-16(13-18)14-20-9-11-21(12-10-20)15-17-6-2-3-8-19(17)22(23)24/h2-8,13H,9-12,14-15H2,1H3. The quantitative estimate of drug-likeness (QED) is 0.597.